The molecule has 0 aromatic carbocycles. The van der Waals surface area contributed by atoms with Crippen molar-refractivity contribution in [1.29, 1.82) is 0 Å². The molecular formula is C6H12N2. The highest BCUT2D eigenvalue weighted by molar-refractivity contribution is 4.89. The average molecular weight is 112 g/mol. The molecule has 2 rings (SSSR count). The molecule has 1 saturated carbocycles. The lowest BCUT2D eigenvalue weighted by Crippen LogP contribution is -2.27. The van der Waals surface area contributed by atoms with Crippen LogP contribution in [-0.2, 0) is 0 Å². The van der Waals surface area contributed by atoms with Crippen molar-refractivity contribution in [3.63, 3.8) is 0 Å². The maximum Gasteiger partial charge on any atom is 0.0160 e. The van der Waals surface area contributed by atoms with Crippen molar-refractivity contribution >= 4 is 0 Å². The monoisotopic (exact) mass is 112 g/mol. The molecule has 0 radical (unpaired) electrons. The molecule has 1 aliphatic carbocycles. The van der Waals surface area contributed by atoms with Crippen molar-refractivity contribution < 1.29 is 0 Å². The van der Waals surface area contributed by atoms with Crippen LogP contribution in [0.15, 0.2) is 0 Å². The van der Waals surface area contributed by atoms with Crippen molar-refractivity contribution in [2.45, 2.75) is 12.8 Å². The van der Waals surface area contributed by atoms with Crippen LogP contribution in [0, 0.1) is 11.8 Å². The summed E-state index contributed by atoms with van der Waals surface area (Å²) in [6.45, 7) is 2.31. The normalized spacial score (nSPS) is 46.1. The summed E-state index contributed by atoms with van der Waals surface area (Å²) in [6, 6.07) is 0. The predicted molar refractivity (Wildman–Crippen MR) is 32.0 cm³/mol. The van der Waals surface area contributed by atoms with E-state index in [1.807, 2.05) is 5.01 Å². The maximum atomic E-state index is 5.59. The Morgan fingerprint density at radius 1 is 1.12 bits per heavy atom. The van der Waals surface area contributed by atoms with Crippen LogP contribution < -0.4 is 5.84 Å². The molecule has 1 saturated heterocycles. The fraction of sp³-hybridized carbons (Fsp3) is 1.00. The van der Waals surface area contributed by atoms with Crippen LogP contribution in [0.5, 0.6) is 0 Å². The summed E-state index contributed by atoms with van der Waals surface area (Å²) in [4.78, 5) is 0. The van der Waals surface area contributed by atoms with Gasteiger partial charge in [-0.05, 0) is 24.7 Å². The molecule has 2 unspecified atom stereocenters. The zero-order valence-electron chi connectivity index (χ0n) is 5.01. The number of nitrogens with zero attached hydrogens (tertiary/aromatic N) is 1. The fourth-order valence-corrected chi connectivity index (χ4v) is 1.80. The van der Waals surface area contributed by atoms with Gasteiger partial charge in [0.2, 0.25) is 0 Å². The van der Waals surface area contributed by atoms with E-state index in [0.29, 0.717) is 0 Å². The Morgan fingerprint density at radius 2 is 1.62 bits per heavy atom. The maximum absolute atomic E-state index is 5.59. The highest BCUT2D eigenvalue weighted by Crippen LogP contribution is 2.38. The minimum Gasteiger partial charge on any atom is -0.269 e. The molecule has 2 nitrogen and oxygen atoms in total. The molecule has 0 aromatic heterocycles. The van der Waals surface area contributed by atoms with E-state index < -0.39 is 0 Å². The van der Waals surface area contributed by atoms with Gasteiger partial charge in [0.1, 0.15) is 0 Å². The van der Waals surface area contributed by atoms with Gasteiger partial charge >= 0.3 is 0 Å². The van der Waals surface area contributed by atoms with E-state index in [0.717, 1.165) is 24.9 Å². The Hall–Kier alpha value is -0.0800. The highest BCUT2D eigenvalue weighted by atomic mass is 15.4. The first-order chi connectivity index (χ1) is 3.86. The second-order valence-corrected chi connectivity index (χ2v) is 3.05. The Bertz CT molecular complexity index is 90.7. The molecule has 46 valence electrons. The molecule has 2 N–H and O–H groups in total. The first-order valence-electron chi connectivity index (χ1n) is 3.36. The Morgan fingerprint density at radius 3 is 1.88 bits per heavy atom. The van der Waals surface area contributed by atoms with Crippen LogP contribution in [0.4, 0.5) is 0 Å². The summed E-state index contributed by atoms with van der Waals surface area (Å²) < 4.78 is 0. The summed E-state index contributed by atoms with van der Waals surface area (Å²) in [5.41, 5.74) is 0. The molecule has 2 aliphatic rings. The smallest absolute Gasteiger partial charge is 0.0160 e. The summed E-state index contributed by atoms with van der Waals surface area (Å²) in [5.74, 6) is 7.53. The van der Waals surface area contributed by atoms with Gasteiger partial charge in [-0.1, -0.05) is 0 Å². The number of nitrogens with two attached hydrogens (primary N) is 1. The lowest BCUT2D eigenvalue weighted by Gasteiger charge is -2.27. The summed E-state index contributed by atoms with van der Waals surface area (Å²) in [5, 5.41) is 1.96. The Kier molecular flexibility index (Phi) is 0.866. The molecule has 1 heterocycles. The number of fused-ring (bicyclic) bond motifs is 1. The third-order valence-electron chi connectivity index (χ3n) is 2.51. The van der Waals surface area contributed by atoms with E-state index >= 15 is 0 Å². The van der Waals surface area contributed by atoms with Crippen molar-refractivity contribution in [2.75, 3.05) is 13.1 Å². The van der Waals surface area contributed by atoms with Gasteiger partial charge in [0, 0.05) is 13.1 Å². The summed E-state index contributed by atoms with van der Waals surface area (Å²) in [6.07, 6.45) is 2.86. The number of rotatable bonds is 0. The predicted octanol–water partition coefficient (Wildman–Crippen LogP) is 0.202. The molecule has 2 heteroatoms. The molecule has 0 spiro atoms. The Balaban J connectivity index is 2.00. The standard InChI is InChI=1S/C6H12N2/c7-8-3-5-1-2-6(5)4-8/h5-6H,1-4,7H2. The van der Waals surface area contributed by atoms with Gasteiger partial charge in [-0.15, -0.1) is 0 Å². The van der Waals surface area contributed by atoms with Gasteiger partial charge in [-0.3, -0.25) is 5.84 Å². The van der Waals surface area contributed by atoms with E-state index in [1.165, 1.54) is 12.8 Å². The van der Waals surface area contributed by atoms with Crippen molar-refractivity contribution in [2.24, 2.45) is 17.7 Å². The van der Waals surface area contributed by atoms with Gasteiger partial charge in [-0.25, -0.2) is 5.01 Å². The SMILES string of the molecule is NN1CC2CCC2C1. The van der Waals surface area contributed by atoms with Crippen molar-refractivity contribution in [1.82, 2.24) is 5.01 Å². The first-order valence-corrected chi connectivity index (χ1v) is 3.36. The lowest BCUT2D eigenvalue weighted by atomic mass is 9.77. The van der Waals surface area contributed by atoms with Gasteiger partial charge < -0.3 is 0 Å². The minimum absolute atomic E-state index is 0.972. The van der Waals surface area contributed by atoms with Crippen molar-refractivity contribution in [3.05, 3.63) is 0 Å². The van der Waals surface area contributed by atoms with Crippen LogP contribution >= 0.6 is 0 Å². The molecule has 2 fully saturated rings. The largest absolute Gasteiger partial charge is 0.269 e. The molecular weight excluding hydrogens is 100 g/mol. The van der Waals surface area contributed by atoms with Crippen LogP contribution in [0.2, 0.25) is 0 Å². The number of hydrogen-bond acceptors (Lipinski definition) is 2. The zero-order chi connectivity index (χ0) is 5.56. The Labute approximate surface area is 49.6 Å². The van der Waals surface area contributed by atoms with E-state index in [9.17, 15) is 0 Å². The van der Waals surface area contributed by atoms with Gasteiger partial charge in [0.15, 0.2) is 0 Å². The van der Waals surface area contributed by atoms with Gasteiger partial charge in [-0.2, -0.15) is 0 Å². The molecule has 0 amide bonds. The van der Waals surface area contributed by atoms with E-state index in [4.69, 9.17) is 5.84 Å². The molecule has 0 aromatic rings. The second-order valence-electron chi connectivity index (χ2n) is 3.05. The van der Waals surface area contributed by atoms with E-state index in [-0.39, 0.29) is 0 Å². The molecule has 1 aliphatic heterocycles. The molecule has 0 bridgehead atoms. The quantitative estimate of drug-likeness (QED) is 0.454. The third kappa shape index (κ3) is 0.501. The van der Waals surface area contributed by atoms with Crippen LogP contribution in [-0.4, -0.2) is 18.1 Å². The summed E-state index contributed by atoms with van der Waals surface area (Å²) in [7, 11) is 0. The van der Waals surface area contributed by atoms with Crippen LogP contribution in [0.25, 0.3) is 0 Å². The molecule has 2 atom stereocenters. The molecule has 8 heavy (non-hydrogen) atoms. The first kappa shape index (κ1) is 4.77. The van der Waals surface area contributed by atoms with Crippen LogP contribution in [0.1, 0.15) is 12.8 Å². The van der Waals surface area contributed by atoms with Gasteiger partial charge in [0.05, 0.1) is 0 Å². The van der Waals surface area contributed by atoms with E-state index in [2.05, 4.69) is 0 Å². The van der Waals surface area contributed by atoms with Gasteiger partial charge in [0.25, 0.3) is 0 Å². The third-order valence-corrected chi connectivity index (χ3v) is 2.51. The number of hydrogen-bond donors (Lipinski definition) is 1. The number of hydrazine groups is 1. The summed E-state index contributed by atoms with van der Waals surface area (Å²) >= 11 is 0. The van der Waals surface area contributed by atoms with E-state index in [1.54, 1.807) is 0 Å². The lowest BCUT2D eigenvalue weighted by molar-refractivity contribution is 0.243. The minimum atomic E-state index is 0.972. The average Bonchev–Trinajstić information content (AvgIpc) is 1.91. The zero-order valence-corrected chi connectivity index (χ0v) is 5.01. The highest BCUT2D eigenvalue weighted by Gasteiger charge is 2.37. The fourth-order valence-electron chi connectivity index (χ4n) is 1.80. The van der Waals surface area contributed by atoms with Crippen LogP contribution in [0.3, 0.4) is 0 Å². The second kappa shape index (κ2) is 1.45. The van der Waals surface area contributed by atoms with Crippen molar-refractivity contribution in [3.8, 4) is 0 Å². The topological polar surface area (TPSA) is 29.3 Å².